The van der Waals surface area contributed by atoms with E-state index >= 15 is 0 Å². The Bertz CT molecular complexity index is 659. The first-order valence-electron chi connectivity index (χ1n) is 16.9. The molecule has 0 rings (SSSR count). The molecule has 0 spiro atoms. The maximum atomic E-state index is 12.7. The summed E-state index contributed by atoms with van der Waals surface area (Å²) in [5.74, 6) is -0.171. The van der Waals surface area contributed by atoms with Crippen LogP contribution in [0.5, 0.6) is 0 Å². The van der Waals surface area contributed by atoms with Gasteiger partial charge in [0, 0.05) is 6.42 Å². The fourth-order valence-electron chi connectivity index (χ4n) is 4.80. The van der Waals surface area contributed by atoms with E-state index in [1.807, 2.05) is 21.1 Å². The van der Waals surface area contributed by atoms with Gasteiger partial charge in [-0.15, -0.1) is 0 Å². The van der Waals surface area contributed by atoms with Crippen LogP contribution >= 0.6 is 7.82 Å². The smallest absolute Gasteiger partial charge is 0.268 e. The molecule has 0 aromatic heterocycles. The molecule has 2 N–H and O–H groups in total. The van der Waals surface area contributed by atoms with E-state index < -0.39 is 20.0 Å². The summed E-state index contributed by atoms with van der Waals surface area (Å²) in [7, 11) is 1.31. The summed E-state index contributed by atoms with van der Waals surface area (Å²) in [5.41, 5.74) is 0. The first kappa shape index (κ1) is 40.5. The lowest BCUT2D eigenvalue weighted by atomic mass is 10.0. The number of aliphatic hydroxyl groups is 1. The average molecular weight is 607 g/mol. The van der Waals surface area contributed by atoms with Crippen LogP contribution < -0.4 is 10.2 Å². The molecule has 246 valence electrons. The van der Waals surface area contributed by atoms with Crippen molar-refractivity contribution in [2.75, 3.05) is 40.9 Å². The van der Waals surface area contributed by atoms with Crippen LogP contribution in [0.1, 0.15) is 149 Å². The first-order valence-corrected chi connectivity index (χ1v) is 18.3. The van der Waals surface area contributed by atoms with Crippen molar-refractivity contribution < 1.29 is 32.9 Å². The van der Waals surface area contributed by atoms with Crippen LogP contribution in [0.15, 0.2) is 0 Å². The molecule has 0 saturated carbocycles. The number of phosphoric acid groups is 1. The number of quaternary nitrogens is 1. The number of nitrogens with zero attached hydrogens (tertiary/aromatic N) is 1. The molecule has 0 aromatic carbocycles. The monoisotopic (exact) mass is 606 g/mol. The summed E-state index contributed by atoms with van der Waals surface area (Å²) in [5, 5.41) is 13.7. The summed E-state index contributed by atoms with van der Waals surface area (Å²) in [6.07, 6.45) is 22.5. The van der Waals surface area contributed by atoms with Crippen molar-refractivity contribution in [3.05, 3.63) is 0 Å². The second kappa shape index (κ2) is 25.9. The highest BCUT2D eigenvalue weighted by Crippen LogP contribution is 2.38. The molecule has 3 atom stereocenters. The Labute approximate surface area is 253 Å². The second-order valence-electron chi connectivity index (χ2n) is 12.9. The number of likely N-dealkylation sites (N-methyl/N-ethyl adjacent to an activating group) is 1. The maximum absolute atomic E-state index is 12.7. The minimum absolute atomic E-state index is 0.0149. The summed E-state index contributed by atoms with van der Waals surface area (Å²) in [6.45, 7) is 4.65. The van der Waals surface area contributed by atoms with E-state index in [-0.39, 0.29) is 19.1 Å². The number of carbonyl (C=O) groups excluding carboxylic acids is 1. The van der Waals surface area contributed by atoms with Gasteiger partial charge >= 0.3 is 0 Å². The van der Waals surface area contributed by atoms with Gasteiger partial charge in [0.15, 0.2) is 0 Å². The van der Waals surface area contributed by atoms with Gasteiger partial charge in [-0.1, -0.05) is 129 Å². The standard InChI is InChI=1S/C32H67N2O6P/c1-6-8-10-12-14-16-18-19-21-23-25-31(35)30(29-40-41(37,38)39-28-27-34(3,4)5)33-32(36)26-24-22-20-17-15-13-11-9-7-2/h30-31,35H,6-29H2,1-5H3,(H-,33,36,37,38)/t30-,31+/m0/s1. The Morgan fingerprint density at radius 2 is 1.20 bits per heavy atom. The van der Waals surface area contributed by atoms with E-state index in [4.69, 9.17) is 9.05 Å². The zero-order chi connectivity index (χ0) is 30.8. The molecule has 41 heavy (non-hydrogen) atoms. The lowest BCUT2D eigenvalue weighted by Gasteiger charge is -2.30. The topological polar surface area (TPSA) is 108 Å². The molecule has 8 nitrogen and oxygen atoms in total. The van der Waals surface area contributed by atoms with Gasteiger partial charge in [0.05, 0.1) is 39.9 Å². The lowest BCUT2D eigenvalue weighted by molar-refractivity contribution is -0.870. The summed E-state index contributed by atoms with van der Waals surface area (Å²) in [4.78, 5) is 25.0. The van der Waals surface area contributed by atoms with Crippen LogP contribution in [0.3, 0.4) is 0 Å². The van der Waals surface area contributed by atoms with Crippen LogP contribution in [0, 0.1) is 0 Å². The van der Waals surface area contributed by atoms with E-state index in [0.29, 0.717) is 23.9 Å². The van der Waals surface area contributed by atoms with E-state index in [2.05, 4.69) is 19.2 Å². The Hall–Kier alpha value is -0.500. The van der Waals surface area contributed by atoms with Gasteiger partial charge in [0.1, 0.15) is 13.2 Å². The molecule has 0 saturated heterocycles. The van der Waals surface area contributed by atoms with Gasteiger partial charge < -0.3 is 28.8 Å². The van der Waals surface area contributed by atoms with Crippen molar-refractivity contribution in [3.8, 4) is 0 Å². The predicted octanol–water partition coefficient (Wildman–Crippen LogP) is 7.27. The molecular weight excluding hydrogens is 539 g/mol. The summed E-state index contributed by atoms with van der Waals surface area (Å²) < 4.78 is 23.0. The van der Waals surface area contributed by atoms with Crippen LogP contribution in [0.25, 0.3) is 0 Å². The molecule has 0 radical (unpaired) electrons. The van der Waals surface area contributed by atoms with E-state index in [9.17, 15) is 19.4 Å². The Morgan fingerprint density at radius 1 is 0.756 bits per heavy atom. The van der Waals surface area contributed by atoms with Crippen LogP contribution in [-0.4, -0.2) is 68.5 Å². The van der Waals surface area contributed by atoms with Gasteiger partial charge in [-0.2, -0.15) is 0 Å². The third-order valence-electron chi connectivity index (χ3n) is 7.60. The number of amides is 1. The van der Waals surface area contributed by atoms with E-state index in [1.54, 1.807) is 0 Å². The zero-order valence-corrected chi connectivity index (χ0v) is 28.4. The average Bonchev–Trinajstić information content (AvgIpc) is 2.90. The molecule has 1 amide bonds. The highest BCUT2D eigenvalue weighted by atomic mass is 31.2. The highest BCUT2D eigenvalue weighted by Gasteiger charge is 2.24. The molecule has 1 unspecified atom stereocenters. The number of aliphatic hydroxyl groups excluding tert-OH is 1. The van der Waals surface area contributed by atoms with Gasteiger partial charge in [0.25, 0.3) is 7.82 Å². The predicted molar refractivity (Wildman–Crippen MR) is 169 cm³/mol. The molecule has 0 bridgehead atoms. The Kier molecular flexibility index (Phi) is 25.6. The second-order valence-corrected chi connectivity index (χ2v) is 14.3. The van der Waals surface area contributed by atoms with E-state index in [0.717, 1.165) is 38.5 Å². The molecule has 0 fully saturated rings. The van der Waals surface area contributed by atoms with Crippen LogP contribution in [0.2, 0.25) is 0 Å². The third kappa shape index (κ3) is 28.1. The van der Waals surface area contributed by atoms with Crippen molar-refractivity contribution in [1.29, 1.82) is 0 Å². The molecule has 9 heteroatoms. The quantitative estimate of drug-likeness (QED) is 0.0506. The number of hydrogen-bond acceptors (Lipinski definition) is 6. The zero-order valence-electron chi connectivity index (χ0n) is 27.5. The maximum Gasteiger partial charge on any atom is 0.268 e. The fourth-order valence-corrected chi connectivity index (χ4v) is 5.52. The van der Waals surface area contributed by atoms with Crippen molar-refractivity contribution >= 4 is 13.7 Å². The van der Waals surface area contributed by atoms with E-state index in [1.165, 1.54) is 83.5 Å². The first-order chi connectivity index (χ1) is 19.5. The van der Waals surface area contributed by atoms with Gasteiger partial charge in [0.2, 0.25) is 5.91 Å². The number of nitrogens with one attached hydrogen (secondary N) is 1. The number of rotatable bonds is 30. The number of phosphoric ester groups is 1. The van der Waals surface area contributed by atoms with Crippen molar-refractivity contribution in [2.45, 2.75) is 161 Å². The van der Waals surface area contributed by atoms with Gasteiger partial charge in [-0.05, 0) is 12.8 Å². The number of carbonyl (C=O) groups is 1. The molecule has 0 aliphatic carbocycles. The Balaban J connectivity index is 4.55. The molecule has 0 heterocycles. The molecular formula is C32H67N2O6P. The lowest BCUT2D eigenvalue weighted by Crippen LogP contribution is -2.46. The van der Waals surface area contributed by atoms with Crippen LogP contribution in [0.4, 0.5) is 0 Å². The Morgan fingerprint density at radius 3 is 1.66 bits per heavy atom. The van der Waals surface area contributed by atoms with Crippen LogP contribution in [-0.2, 0) is 18.4 Å². The van der Waals surface area contributed by atoms with Gasteiger partial charge in [-0.3, -0.25) is 9.36 Å². The number of unbranched alkanes of at least 4 members (excludes halogenated alkanes) is 17. The van der Waals surface area contributed by atoms with Crippen molar-refractivity contribution in [3.63, 3.8) is 0 Å². The fraction of sp³-hybridized carbons (Fsp3) is 0.969. The van der Waals surface area contributed by atoms with Gasteiger partial charge in [-0.25, -0.2) is 0 Å². The molecule has 0 aliphatic heterocycles. The summed E-state index contributed by atoms with van der Waals surface area (Å²) in [6, 6.07) is -0.788. The molecule has 0 aliphatic rings. The largest absolute Gasteiger partial charge is 0.756 e. The minimum atomic E-state index is -4.54. The minimum Gasteiger partial charge on any atom is -0.756 e. The normalized spacial score (nSPS) is 15.0. The summed E-state index contributed by atoms with van der Waals surface area (Å²) >= 11 is 0. The number of hydrogen-bond donors (Lipinski definition) is 2. The third-order valence-corrected chi connectivity index (χ3v) is 8.56. The molecule has 0 aromatic rings. The highest BCUT2D eigenvalue weighted by molar-refractivity contribution is 7.45. The van der Waals surface area contributed by atoms with Crippen molar-refractivity contribution in [2.24, 2.45) is 0 Å². The van der Waals surface area contributed by atoms with Crippen molar-refractivity contribution in [1.82, 2.24) is 5.32 Å². The SMILES string of the molecule is CCCCCCCCCCCC[C@@H](O)[C@H](COP(=O)([O-])OCC[N+](C)(C)C)NC(=O)CCCCCCCCCCC.